The molecule has 1 aromatic heterocycles. The molecule has 0 spiro atoms. The number of nitrogens with zero attached hydrogens (tertiary/aromatic N) is 3. The maximum absolute atomic E-state index is 13.0. The Kier molecular flexibility index (Phi) is 4.65. The molecule has 1 unspecified atom stereocenters. The SMILES string of the molecule is O=C(c1ccccc1)N1CCCC1c1cccnc1N1CCOCC1. The summed E-state index contributed by atoms with van der Waals surface area (Å²) < 4.78 is 5.47. The van der Waals surface area contributed by atoms with E-state index in [1.165, 1.54) is 0 Å². The number of amides is 1. The van der Waals surface area contributed by atoms with Gasteiger partial charge in [-0.2, -0.15) is 0 Å². The predicted molar refractivity (Wildman–Crippen MR) is 96.7 cm³/mol. The second-order valence-electron chi connectivity index (χ2n) is 6.54. The number of rotatable bonds is 3. The van der Waals surface area contributed by atoms with E-state index in [-0.39, 0.29) is 11.9 Å². The lowest BCUT2D eigenvalue weighted by Crippen LogP contribution is -2.38. The summed E-state index contributed by atoms with van der Waals surface area (Å²) >= 11 is 0. The number of benzene rings is 1. The van der Waals surface area contributed by atoms with Crippen LogP contribution in [0.25, 0.3) is 0 Å². The number of hydrogen-bond donors (Lipinski definition) is 0. The van der Waals surface area contributed by atoms with Crippen LogP contribution in [0.4, 0.5) is 5.82 Å². The lowest BCUT2D eigenvalue weighted by atomic mass is 10.0. The van der Waals surface area contributed by atoms with Crippen molar-refractivity contribution in [3.05, 3.63) is 59.8 Å². The molecule has 5 heteroatoms. The van der Waals surface area contributed by atoms with Crippen LogP contribution in [-0.4, -0.2) is 48.6 Å². The molecule has 0 bridgehead atoms. The van der Waals surface area contributed by atoms with E-state index in [0.29, 0.717) is 0 Å². The van der Waals surface area contributed by atoms with Crippen molar-refractivity contribution in [3.63, 3.8) is 0 Å². The molecule has 0 saturated carbocycles. The lowest BCUT2D eigenvalue weighted by Gasteiger charge is -2.32. The second-order valence-corrected chi connectivity index (χ2v) is 6.54. The van der Waals surface area contributed by atoms with Gasteiger partial charge in [0.2, 0.25) is 0 Å². The van der Waals surface area contributed by atoms with Crippen molar-refractivity contribution in [2.24, 2.45) is 0 Å². The van der Waals surface area contributed by atoms with Crippen molar-refractivity contribution in [2.45, 2.75) is 18.9 Å². The van der Waals surface area contributed by atoms with E-state index in [4.69, 9.17) is 4.74 Å². The number of aromatic nitrogens is 1. The summed E-state index contributed by atoms with van der Waals surface area (Å²) in [6, 6.07) is 13.8. The minimum atomic E-state index is 0.0965. The van der Waals surface area contributed by atoms with Crippen molar-refractivity contribution in [1.29, 1.82) is 0 Å². The van der Waals surface area contributed by atoms with Crippen molar-refractivity contribution in [3.8, 4) is 0 Å². The van der Waals surface area contributed by atoms with Crippen molar-refractivity contribution in [2.75, 3.05) is 37.7 Å². The van der Waals surface area contributed by atoms with Gasteiger partial charge in [-0.3, -0.25) is 4.79 Å². The van der Waals surface area contributed by atoms with Crippen LogP contribution in [0.2, 0.25) is 0 Å². The van der Waals surface area contributed by atoms with Crippen LogP contribution in [-0.2, 0) is 4.74 Å². The van der Waals surface area contributed by atoms with Gasteiger partial charge in [0.05, 0.1) is 19.3 Å². The second kappa shape index (κ2) is 7.23. The number of ether oxygens (including phenoxy) is 1. The van der Waals surface area contributed by atoms with Crippen molar-refractivity contribution >= 4 is 11.7 Å². The first-order chi connectivity index (χ1) is 12.3. The zero-order valence-corrected chi connectivity index (χ0v) is 14.3. The molecule has 3 heterocycles. The summed E-state index contributed by atoms with van der Waals surface area (Å²) in [5, 5.41) is 0. The molecule has 130 valence electrons. The molecule has 1 amide bonds. The normalized spacial score (nSPS) is 20.7. The summed E-state index contributed by atoms with van der Waals surface area (Å²) in [6.45, 7) is 3.96. The molecule has 0 aliphatic carbocycles. The van der Waals surface area contributed by atoms with E-state index in [2.05, 4.69) is 16.0 Å². The molecule has 4 rings (SSSR count). The highest BCUT2D eigenvalue weighted by Crippen LogP contribution is 2.37. The molecule has 5 nitrogen and oxygen atoms in total. The molecule has 2 aromatic rings. The molecule has 2 aliphatic rings. The number of carbonyl (C=O) groups excluding carboxylic acids is 1. The lowest BCUT2D eigenvalue weighted by molar-refractivity contribution is 0.0735. The summed E-state index contributed by atoms with van der Waals surface area (Å²) in [6.07, 6.45) is 3.86. The van der Waals surface area contributed by atoms with Crippen molar-refractivity contribution in [1.82, 2.24) is 9.88 Å². The van der Waals surface area contributed by atoms with Gasteiger partial charge in [0.25, 0.3) is 5.91 Å². The Bertz CT molecular complexity index is 729. The maximum atomic E-state index is 13.0. The Labute approximate surface area is 148 Å². The Balaban J connectivity index is 1.63. The van der Waals surface area contributed by atoms with Crippen LogP contribution in [0.15, 0.2) is 48.7 Å². The van der Waals surface area contributed by atoms with Gasteiger partial charge in [-0.1, -0.05) is 24.3 Å². The topological polar surface area (TPSA) is 45.7 Å². The fourth-order valence-corrected chi connectivity index (χ4v) is 3.79. The van der Waals surface area contributed by atoms with Gasteiger partial charge >= 0.3 is 0 Å². The number of carbonyl (C=O) groups is 1. The third kappa shape index (κ3) is 3.24. The average Bonchev–Trinajstić information content (AvgIpc) is 3.18. The largest absolute Gasteiger partial charge is 0.378 e. The van der Waals surface area contributed by atoms with Gasteiger partial charge in [0, 0.05) is 37.0 Å². The van der Waals surface area contributed by atoms with Gasteiger partial charge in [-0.25, -0.2) is 4.98 Å². The Hall–Kier alpha value is -2.40. The number of pyridine rings is 1. The molecular weight excluding hydrogens is 314 g/mol. The van der Waals surface area contributed by atoms with Crippen LogP contribution in [0.1, 0.15) is 34.8 Å². The van der Waals surface area contributed by atoms with Gasteiger partial charge in [-0.15, -0.1) is 0 Å². The monoisotopic (exact) mass is 337 g/mol. The molecule has 2 aliphatic heterocycles. The molecule has 2 fully saturated rings. The minimum absolute atomic E-state index is 0.0965. The molecule has 2 saturated heterocycles. The van der Waals surface area contributed by atoms with Gasteiger partial charge < -0.3 is 14.5 Å². The Morgan fingerprint density at radius 1 is 1.04 bits per heavy atom. The van der Waals surface area contributed by atoms with Crippen LogP contribution in [0.3, 0.4) is 0 Å². The van der Waals surface area contributed by atoms with E-state index in [9.17, 15) is 4.79 Å². The van der Waals surface area contributed by atoms with Crippen LogP contribution < -0.4 is 4.90 Å². The van der Waals surface area contributed by atoms with E-state index in [1.807, 2.05) is 47.5 Å². The zero-order valence-electron chi connectivity index (χ0n) is 14.3. The Morgan fingerprint density at radius 2 is 1.84 bits per heavy atom. The van der Waals surface area contributed by atoms with Gasteiger partial charge in [-0.05, 0) is 31.0 Å². The van der Waals surface area contributed by atoms with E-state index < -0.39 is 0 Å². The quantitative estimate of drug-likeness (QED) is 0.864. The van der Waals surface area contributed by atoms with E-state index >= 15 is 0 Å². The maximum Gasteiger partial charge on any atom is 0.254 e. The van der Waals surface area contributed by atoms with Crippen LogP contribution >= 0.6 is 0 Å². The number of morpholine rings is 1. The first kappa shape index (κ1) is 16.1. The summed E-state index contributed by atoms with van der Waals surface area (Å²) in [5.74, 6) is 1.11. The molecule has 25 heavy (non-hydrogen) atoms. The third-order valence-corrected chi connectivity index (χ3v) is 5.02. The van der Waals surface area contributed by atoms with Crippen LogP contribution in [0, 0.1) is 0 Å². The van der Waals surface area contributed by atoms with Crippen LogP contribution in [0.5, 0.6) is 0 Å². The standard InChI is InChI=1S/C20H23N3O2/c24-20(16-6-2-1-3-7-16)23-11-5-9-18(23)17-8-4-10-21-19(17)22-12-14-25-15-13-22/h1-4,6-8,10,18H,5,9,11-15H2. The van der Waals surface area contributed by atoms with E-state index in [0.717, 1.165) is 62.6 Å². The molecule has 0 N–H and O–H groups in total. The summed E-state index contributed by atoms with van der Waals surface area (Å²) in [5.41, 5.74) is 1.91. The molecule has 1 aromatic carbocycles. The fraction of sp³-hybridized carbons (Fsp3) is 0.400. The minimum Gasteiger partial charge on any atom is -0.378 e. The number of likely N-dealkylation sites (tertiary alicyclic amines) is 1. The fourth-order valence-electron chi connectivity index (χ4n) is 3.79. The van der Waals surface area contributed by atoms with Gasteiger partial charge in [0.15, 0.2) is 0 Å². The molecular formula is C20H23N3O2. The van der Waals surface area contributed by atoms with E-state index in [1.54, 1.807) is 0 Å². The molecule has 0 radical (unpaired) electrons. The summed E-state index contributed by atoms with van der Waals surface area (Å²) in [4.78, 5) is 21.9. The predicted octanol–water partition coefficient (Wildman–Crippen LogP) is 2.90. The van der Waals surface area contributed by atoms with Gasteiger partial charge in [0.1, 0.15) is 5.82 Å². The first-order valence-corrected chi connectivity index (χ1v) is 8.98. The highest BCUT2D eigenvalue weighted by atomic mass is 16.5. The summed E-state index contributed by atoms with van der Waals surface area (Å²) in [7, 11) is 0. The highest BCUT2D eigenvalue weighted by Gasteiger charge is 2.33. The third-order valence-electron chi connectivity index (χ3n) is 5.02. The van der Waals surface area contributed by atoms with Crippen molar-refractivity contribution < 1.29 is 9.53 Å². The first-order valence-electron chi connectivity index (χ1n) is 8.98. The highest BCUT2D eigenvalue weighted by molar-refractivity contribution is 5.94. The smallest absolute Gasteiger partial charge is 0.254 e. The molecule has 1 atom stereocenters. The Morgan fingerprint density at radius 3 is 2.64 bits per heavy atom. The average molecular weight is 337 g/mol. The zero-order chi connectivity index (χ0) is 17.1. The number of anilines is 1. The number of hydrogen-bond acceptors (Lipinski definition) is 4.